The minimum Gasteiger partial charge on any atom is -0.342 e. The lowest BCUT2D eigenvalue weighted by Crippen LogP contribution is -2.35. The summed E-state index contributed by atoms with van der Waals surface area (Å²) in [5, 5.41) is 9.43. The van der Waals surface area contributed by atoms with Crippen molar-refractivity contribution in [3.8, 4) is 11.4 Å². The average Bonchev–Trinajstić information content (AvgIpc) is 3.01. The molecule has 1 atom stereocenters. The van der Waals surface area contributed by atoms with E-state index in [-0.39, 0.29) is 11.9 Å². The highest BCUT2D eigenvalue weighted by Gasteiger charge is 2.18. The van der Waals surface area contributed by atoms with Gasteiger partial charge in [0.15, 0.2) is 11.0 Å². The number of hydrogen-bond donors (Lipinski definition) is 0. The largest absolute Gasteiger partial charge is 0.342 e. The normalized spacial score (nSPS) is 12.2. The topological polar surface area (TPSA) is 51.0 Å². The Hall–Kier alpha value is -1.82. The molecule has 5 nitrogen and oxygen atoms in total. The summed E-state index contributed by atoms with van der Waals surface area (Å²) < 4.78 is 2.07. The maximum atomic E-state index is 12.3. The second-order valence-corrected chi connectivity index (χ2v) is 6.91. The first-order valence-electron chi connectivity index (χ1n) is 8.36. The second-order valence-electron chi connectivity index (χ2n) is 5.97. The maximum Gasteiger partial charge on any atom is 0.233 e. The Bertz CT molecular complexity index is 698. The number of aromatic nitrogens is 3. The highest BCUT2D eigenvalue weighted by atomic mass is 32.2. The summed E-state index contributed by atoms with van der Waals surface area (Å²) in [5.41, 5.74) is 2.25. The lowest BCUT2D eigenvalue weighted by atomic mass is 10.1. The van der Waals surface area contributed by atoms with Crippen LogP contribution in [0.15, 0.2) is 29.4 Å². The minimum atomic E-state index is 0.122. The summed E-state index contributed by atoms with van der Waals surface area (Å²) in [5.74, 6) is 1.36. The summed E-state index contributed by atoms with van der Waals surface area (Å²) in [7, 11) is 1.86. The molecule has 0 bridgehead atoms. The van der Waals surface area contributed by atoms with E-state index >= 15 is 0 Å². The van der Waals surface area contributed by atoms with Gasteiger partial charge in [-0.05, 0) is 33.3 Å². The first kappa shape index (κ1) is 18.5. The fraction of sp³-hybridized carbons (Fsp3) is 0.500. The number of carbonyl (C=O) groups is 1. The van der Waals surface area contributed by atoms with Crippen LogP contribution in [0.25, 0.3) is 11.4 Å². The highest BCUT2D eigenvalue weighted by Crippen LogP contribution is 2.24. The number of thioether (sulfide) groups is 1. The molecule has 130 valence electrons. The van der Waals surface area contributed by atoms with Crippen LogP contribution in [0.4, 0.5) is 0 Å². The van der Waals surface area contributed by atoms with Crippen molar-refractivity contribution in [1.29, 1.82) is 0 Å². The van der Waals surface area contributed by atoms with Crippen molar-refractivity contribution in [1.82, 2.24) is 19.7 Å². The van der Waals surface area contributed by atoms with Gasteiger partial charge in [-0.1, -0.05) is 42.4 Å². The molecule has 1 aromatic heterocycles. The number of nitrogens with zero attached hydrogens (tertiary/aromatic N) is 4. The predicted octanol–water partition coefficient (Wildman–Crippen LogP) is 3.62. The van der Waals surface area contributed by atoms with Gasteiger partial charge in [0.2, 0.25) is 5.91 Å². The van der Waals surface area contributed by atoms with Gasteiger partial charge in [0.1, 0.15) is 0 Å². The minimum absolute atomic E-state index is 0.122. The molecule has 2 rings (SSSR count). The third-order valence-corrected chi connectivity index (χ3v) is 5.23. The van der Waals surface area contributed by atoms with E-state index in [1.54, 1.807) is 4.90 Å². The van der Waals surface area contributed by atoms with Gasteiger partial charge in [0.05, 0.1) is 5.75 Å². The molecule has 0 aliphatic rings. The molecule has 1 heterocycles. The van der Waals surface area contributed by atoms with Gasteiger partial charge < -0.3 is 9.47 Å². The van der Waals surface area contributed by atoms with Gasteiger partial charge in [-0.2, -0.15) is 0 Å². The van der Waals surface area contributed by atoms with Gasteiger partial charge >= 0.3 is 0 Å². The highest BCUT2D eigenvalue weighted by molar-refractivity contribution is 7.99. The summed E-state index contributed by atoms with van der Waals surface area (Å²) in [6, 6.07) is 8.49. The molecule has 0 N–H and O–H groups in total. The van der Waals surface area contributed by atoms with Gasteiger partial charge in [-0.3, -0.25) is 4.79 Å². The van der Waals surface area contributed by atoms with Crippen LogP contribution >= 0.6 is 11.8 Å². The predicted molar refractivity (Wildman–Crippen MR) is 99.1 cm³/mol. The first-order chi connectivity index (χ1) is 11.5. The summed E-state index contributed by atoms with van der Waals surface area (Å²) >= 11 is 1.45. The smallest absolute Gasteiger partial charge is 0.233 e. The molecule has 0 saturated heterocycles. The summed E-state index contributed by atoms with van der Waals surface area (Å²) in [6.45, 7) is 9.05. The van der Waals surface area contributed by atoms with Crippen LogP contribution in [-0.2, 0) is 11.3 Å². The Morgan fingerprint density at radius 2 is 2.08 bits per heavy atom. The Morgan fingerprint density at radius 1 is 1.33 bits per heavy atom. The molecule has 0 aliphatic carbocycles. The van der Waals surface area contributed by atoms with Gasteiger partial charge in [-0.15, -0.1) is 10.2 Å². The quantitative estimate of drug-likeness (QED) is 0.719. The van der Waals surface area contributed by atoms with Crippen molar-refractivity contribution in [2.45, 2.75) is 51.9 Å². The van der Waals surface area contributed by atoms with Crippen molar-refractivity contribution < 1.29 is 4.79 Å². The second kappa shape index (κ2) is 8.33. The SMILES string of the molecule is CCC(C)N(C)C(=O)CSc1nnc(-c2cccc(C)c2)n1CC. The van der Waals surface area contributed by atoms with Crippen LogP contribution in [0, 0.1) is 6.92 Å². The van der Waals surface area contributed by atoms with Crippen LogP contribution in [0.2, 0.25) is 0 Å². The van der Waals surface area contributed by atoms with Gasteiger partial charge in [0, 0.05) is 25.2 Å². The first-order valence-corrected chi connectivity index (χ1v) is 9.35. The number of aryl methyl sites for hydroxylation is 1. The summed E-state index contributed by atoms with van der Waals surface area (Å²) in [4.78, 5) is 14.1. The van der Waals surface area contributed by atoms with Crippen LogP contribution in [0.3, 0.4) is 0 Å². The third kappa shape index (κ3) is 4.17. The van der Waals surface area contributed by atoms with Crippen LogP contribution in [0.5, 0.6) is 0 Å². The van der Waals surface area contributed by atoms with Crippen molar-refractivity contribution in [3.05, 3.63) is 29.8 Å². The molecule has 1 unspecified atom stereocenters. The van der Waals surface area contributed by atoms with E-state index in [4.69, 9.17) is 0 Å². The molecular weight excluding hydrogens is 320 g/mol. The van der Waals surface area contributed by atoms with E-state index in [0.717, 1.165) is 29.5 Å². The third-order valence-electron chi connectivity index (χ3n) is 4.28. The van der Waals surface area contributed by atoms with Crippen LogP contribution < -0.4 is 0 Å². The molecular formula is C18H26N4OS. The van der Waals surface area contributed by atoms with Gasteiger partial charge in [-0.25, -0.2) is 0 Å². The van der Waals surface area contributed by atoms with Crippen LogP contribution in [0.1, 0.15) is 32.8 Å². The van der Waals surface area contributed by atoms with E-state index in [1.165, 1.54) is 17.3 Å². The van der Waals surface area contributed by atoms with Crippen molar-refractivity contribution >= 4 is 17.7 Å². The Balaban J connectivity index is 2.14. The monoisotopic (exact) mass is 346 g/mol. The van der Waals surface area contributed by atoms with E-state index in [0.29, 0.717) is 5.75 Å². The number of rotatable bonds is 7. The zero-order valence-corrected chi connectivity index (χ0v) is 15.9. The van der Waals surface area contributed by atoms with Crippen molar-refractivity contribution in [2.24, 2.45) is 0 Å². The number of amides is 1. The number of benzene rings is 1. The Kier molecular flexibility index (Phi) is 6.43. The maximum absolute atomic E-state index is 12.3. The van der Waals surface area contributed by atoms with E-state index in [1.807, 2.05) is 19.2 Å². The fourth-order valence-corrected chi connectivity index (χ4v) is 3.35. The Labute approximate surface area is 148 Å². The molecule has 0 saturated carbocycles. The number of hydrogen-bond acceptors (Lipinski definition) is 4. The molecule has 24 heavy (non-hydrogen) atoms. The molecule has 2 aromatic rings. The van der Waals surface area contributed by atoms with E-state index in [9.17, 15) is 4.79 Å². The molecule has 6 heteroatoms. The lowest BCUT2D eigenvalue weighted by molar-refractivity contribution is -0.128. The van der Waals surface area contributed by atoms with Crippen LogP contribution in [-0.4, -0.2) is 44.4 Å². The summed E-state index contributed by atoms with van der Waals surface area (Å²) in [6.07, 6.45) is 0.954. The zero-order chi connectivity index (χ0) is 17.7. The molecule has 0 aliphatic heterocycles. The lowest BCUT2D eigenvalue weighted by Gasteiger charge is -2.23. The molecule has 1 amide bonds. The molecule has 1 aromatic carbocycles. The standard InChI is InChI=1S/C18H26N4OS/c1-6-14(4)21(5)16(23)12-24-18-20-19-17(22(18)7-2)15-10-8-9-13(3)11-15/h8-11,14H,6-7,12H2,1-5H3. The van der Waals surface area contributed by atoms with Crippen molar-refractivity contribution in [2.75, 3.05) is 12.8 Å². The zero-order valence-electron chi connectivity index (χ0n) is 15.1. The average molecular weight is 347 g/mol. The van der Waals surface area contributed by atoms with E-state index < -0.39 is 0 Å². The fourth-order valence-electron chi connectivity index (χ4n) is 2.43. The van der Waals surface area contributed by atoms with E-state index in [2.05, 4.69) is 54.6 Å². The molecule has 0 fully saturated rings. The Morgan fingerprint density at radius 3 is 2.71 bits per heavy atom. The number of carbonyl (C=O) groups excluding carboxylic acids is 1. The molecule has 0 spiro atoms. The molecule has 0 radical (unpaired) electrons. The van der Waals surface area contributed by atoms with Gasteiger partial charge in [0.25, 0.3) is 0 Å². The van der Waals surface area contributed by atoms with Crippen molar-refractivity contribution in [3.63, 3.8) is 0 Å².